The molecule has 0 aliphatic carbocycles. The molecule has 38 heavy (non-hydrogen) atoms. The van der Waals surface area contributed by atoms with Crippen LogP contribution in [0, 0.1) is 4.77 Å². The topological polar surface area (TPSA) is 153 Å². The van der Waals surface area contributed by atoms with Gasteiger partial charge in [-0.3, -0.25) is 14.2 Å². The van der Waals surface area contributed by atoms with Gasteiger partial charge in [0.05, 0.1) is 35.0 Å². The molecule has 4 N–H and O–H groups in total. The van der Waals surface area contributed by atoms with Crippen LogP contribution in [-0.2, 0) is 27.7 Å². The highest BCUT2D eigenvalue weighted by Crippen LogP contribution is 2.13. The fraction of sp³-hybridized carbons (Fsp3) is 0.154. The first kappa shape index (κ1) is 26.9. The highest BCUT2D eigenvalue weighted by Gasteiger charge is 2.12. The summed E-state index contributed by atoms with van der Waals surface area (Å²) >= 11 is 5.38. The number of primary sulfonamides is 1. The van der Waals surface area contributed by atoms with E-state index in [4.69, 9.17) is 22.1 Å². The number of nitrogens with one attached hydrogen (secondary N) is 2. The molecule has 0 aliphatic rings. The zero-order valence-electron chi connectivity index (χ0n) is 20.3. The summed E-state index contributed by atoms with van der Waals surface area (Å²) in [7, 11) is -2.46. The summed E-state index contributed by atoms with van der Waals surface area (Å²) in [6.45, 7) is 0.550. The van der Waals surface area contributed by atoms with E-state index in [1.165, 1.54) is 35.9 Å². The summed E-state index contributed by atoms with van der Waals surface area (Å²) in [4.78, 5) is 40.4. The molecule has 3 aromatic carbocycles. The van der Waals surface area contributed by atoms with E-state index in [0.29, 0.717) is 35.0 Å². The zero-order chi connectivity index (χ0) is 27.4. The van der Waals surface area contributed by atoms with Crippen LogP contribution in [0.1, 0.15) is 31.8 Å². The Morgan fingerprint density at radius 2 is 1.63 bits per heavy atom. The number of carbonyl (C=O) groups is 2. The van der Waals surface area contributed by atoms with Gasteiger partial charge < -0.3 is 15.0 Å². The summed E-state index contributed by atoms with van der Waals surface area (Å²) in [5.74, 6) is -0.780. The molecule has 1 aromatic heterocycles. The maximum absolute atomic E-state index is 13.0. The van der Waals surface area contributed by atoms with Crippen LogP contribution in [0.2, 0.25) is 0 Å². The van der Waals surface area contributed by atoms with E-state index in [1.54, 1.807) is 42.5 Å². The lowest BCUT2D eigenvalue weighted by Gasteiger charge is -2.10. The summed E-state index contributed by atoms with van der Waals surface area (Å²) in [5, 5.41) is 8.30. The molecule has 0 aliphatic heterocycles. The van der Waals surface area contributed by atoms with E-state index in [2.05, 4.69) is 10.3 Å². The van der Waals surface area contributed by atoms with E-state index < -0.39 is 16.0 Å². The van der Waals surface area contributed by atoms with E-state index in [9.17, 15) is 22.8 Å². The first-order chi connectivity index (χ1) is 18.1. The highest BCUT2D eigenvalue weighted by atomic mass is 32.2. The third-order valence-electron chi connectivity index (χ3n) is 5.91. The molecule has 0 fully saturated rings. The third kappa shape index (κ3) is 6.05. The number of hydrogen-bond donors (Lipinski definition) is 3. The van der Waals surface area contributed by atoms with Crippen LogP contribution >= 0.6 is 12.2 Å². The molecule has 10 nitrogen and oxygen atoms in total. The molecule has 0 atom stereocenters. The predicted octanol–water partition coefficient (Wildman–Crippen LogP) is 2.51. The molecule has 4 rings (SSSR count). The summed E-state index contributed by atoms with van der Waals surface area (Å²) in [6, 6.07) is 17.6. The number of esters is 1. The van der Waals surface area contributed by atoms with Crippen molar-refractivity contribution in [1.82, 2.24) is 14.9 Å². The number of amides is 1. The van der Waals surface area contributed by atoms with E-state index in [0.717, 1.165) is 11.1 Å². The number of carbonyl (C=O) groups excluding carboxylic acids is 2. The summed E-state index contributed by atoms with van der Waals surface area (Å²) in [5.41, 5.74) is 2.50. The van der Waals surface area contributed by atoms with Crippen molar-refractivity contribution in [3.63, 3.8) is 0 Å². The second-order valence-corrected chi connectivity index (χ2v) is 10.4. The number of sulfonamides is 1. The first-order valence-electron chi connectivity index (χ1n) is 11.4. The van der Waals surface area contributed by atoms with E-state index in [1.807, 2.05) is 0 Å². The summed E-state index contributed by atoms with van der Waals surface area (Å²) < 4.78 is 29.0. The maximum atomic E-state index is 13.0. The molecule has 1 heterocycles. The Hall–Kier alpha value is -4.13. The van der Waals surface area contributed by atoms with Gasteiger partial charge in [0.25, 0.3) is 11.5 Å². The van der Waals surface area contributed by atoms with Gasteiger partial charge in [0.2, 0.25) is 10.0 Å². The molecule has 12 heteroatoms. The fourth-order valence-electron chi connectivity index (χ4n) is 3.86. The Bertz CT molecular complexity index is 1740. The molecular weight excluding hydrogens is 528 g/mol. The van der Waals surface area contributed by atoms with Crippen molar-refractivity contribution >= 4 is 45.0 Å². The van der Waals surface area contributed by atoms with Gasteiger partial charge in [0.15, 0.2) is 4.77 Å². The number of methoxy groups -OCH3 is 1. The minimum atomic E-state index is -3.74. The standard InChI is InChI=1S/C26H24N4O6S2/c1-36-25(33)19-8-11-21-22(14-19)29-26(37)30(24(21)32)15-17-2-6-18(7-3-17)23(31)28-13-12-16-4-9-20(10-5-16)38(27,34)35/h2-11,14H,12-13,15H2,1H3,(H,28,31)(H,29,37)(H2,27,34,35). The van der Waals surface area contributed by atoms with Gasteiger partial charge in [-0.1, -0.05) is 24.3 Å². The van der Waals surface area contributed by atoms with Crippen LogP contribution in [0.25, 0.3) is 10.9 Å². The Kier molecular flexibility index (Phi) is 7.86. The highest BCUT2D eigenvalue weighted by molar-refractivity contribution is 7.89. The minimum absolute atomic E-state index is 0.0325. The van der Waals surface area contributed by atoms with Gasteiger partial charge in [0.1, 0.15) is 0 Å². The number of aromatic nitrogens is 2. The number of H-pyrrole nitrogens is 1. The van der Waals surface area contributed by atoms with Crippen molar-refractivity contribution in [2.24, 2.45) is 5.14 Å². The number of hydrogen-bond acceptors (Lipinski definition) is 7. The van der Waals surface area contributed by atoms with Crippen molar-refractivity contribution in [2.75, 3.05) is 13.7 Å². The smallest absolute Gasteiger partial charge is 0.337 e. The quantitative estimate of drug-likeness (QED) is 0.224. The molecule has 0 saturated heterocycles. The SMILES string of the molecule is COC(=O)c1ccc2c(=O)n(Cc3ccc(C(=O)NCCc4ccc(S(N)(=O)=O)cc4)cc3)c(=S)[nH]c2c1. The van der Waals surface area contributed by atoms with Crippen LogP contribution in [0.3, 0.4) is 0 Å². The average Bonchev–Trinajstić information content (AvgIpc) is 2.90. The van der Waals surface area contributed by atoms with Gasteiger partial charge in [-0.2, -0.15) is 0 Å². The van der Waals surface area contributed by atoms with Crippen LogP contribution in [-0.4, -0.2) is 43.5 Å². The van der Waals surface area contributed by atoms with E-state index in [-0.39, 0.29) is 27.7 Å². The predicted molar refractivity (Wildman–Crippen MR) is 144 cm³/mol. The van der Waals surface area contributed by atoms with Gasteiger partial charge in [-0.05, 0) is 72.2 Å². The number of benzene rings is 3. The van der Waals surface area contributed by atoms with Crippen LogP contribution in [0.4, 0.5) is 0 Å². The van der Waals surface area contributed by atoms with Crippen molar-refractivity contribution < 1.29 is 22.7 Å². The first-order valence-corrected chi connectivity index (χ1v) is 13.4. The monoisotopic (exact) mass is 552 g/mol. The number of nitrogens with zero attached hydrogens (tertiary/aromatic N) is 1. The zero-order valence-corrected chi connectivity index (χ0v) is 21.9. The molecule has 4 aromatic rings. The van der Waals surface area contributed by atoms with Gasteiger partial charge in [-0.25, -0.2) is 18.4 Å². The normalized spacial score (nSPS) is 11.3. The maximum Gasteiger partial charge on any atom is 0.337 e. The van der Waals surface area contributed by atoms with E-state index >= 15 is 0 Å². The van der Waals surface area contributed by atoms with Gasteiger partial charge in [-0.15, -0.1) is 0 Å². The number of fused-ring (bicyclic) bond motifs is 1. The molecule has 0 unspecified atom stereocenters. The Morgan fingerprint density at radius 3 is 2.26 bits per heavy atom. The van der Waals surface area contributed by atoms with Gasteiger partial charge in [0, 0.05) is 12.1 Å². The summed E-state index contributed by atoms with van der Waals surface area (Å²) in [6.07, 6.45) is 0.513. The molecule has 0 spiro atoms. The minimum Gasteiger partial charge on any atom is -0.465 e. The third-order valence-corrected chi connectivity index (χ3v) is 7.16. The lowest BCUT2D eigenvalue weighted by molar-refractivity contribution is 0.0600. The molecule has 0 radical (unpaired) electrons. The van der Waals surface area contributed by atoms with Crippen molar-refractivity contribution in [3.8, 4) is 0 Å². The second-order valence-electron chi connectivity index (χ2n) is 8.47. The molecular formula is C26H24N4O6S2. The largest absolute Gasteiger partial charge is 0.465 e. The lowest BCUT2D eigenvalue weighted by atomic mass is 10.1. The Labute approximate surface area is 223 Å². The average molecular weight is 553 g/mol. The van der Waals surface area contributed by atoms with Crippen LogP contribution < -0.4 is 16.0 Å². The fourth-order valence-corrected chi connectivity index (χ4v) is 4.63. The number of ether oxygens (including phenoxy) is 1. The van der Waals surface area contributed by atoms with Crippen molar-refractivity contribution in [3.05, 3.63) is 104 Å². The van der Waals surface area contributed by atoms with Crippen molar-refractivity contribution in [1.29, 1.82) is 0 Å². The number of nitrogens with two attached hydrogens (primary N) is 1. The van der Waals surface area contributed by atoms with Gasteiger partial charge >= 0.3 is 5.97 Å². The molecule has 0 saturated carbocycles. The molecule has 0 bridgehead atoms. The Morgan fingerprint density at radius 1 is 1.00 bits per heavy atom. The van der Waals surface area contributed by atoms with Crippen LogP contribution in [0.15, 0.2) is 76.4 Å². The van der Waals surface area contributed by atoms with Crippen molar-refractivity contribution in [2.45, 2.75) is 17.9 Å². The number of rotatable bonds is 8. The second kappa shape index (κ2) is 11.1. The lowest BCUT2D eigenvalue weighted by Crippen LogP contribution is -2.26. The number of aromatic amines is 1. The van der Waals surface area contributed by atoms with Crippen LogP contribution in [0.5, 0.6) is 0 Å². The molecule has 1 amide bonds. The Balaban J connectivity index is 1.41. The molecule has 196 valence electrons.